The molecule has 1 heterocycles. The van der Waals surface area contributed by atoms with Crippen molar-refractivity contribution in [3.63, 3.8) is 0 Å². The summed E-state index contributed by atoms with van der Waals surface area (Å²) >= 11 is 1.46. The largest absolute Gasteiger partial charge is 0.481 e. The molecule has 1 atom stereocenters. The number of likely N-dealkylation sites (N-methyl/N-ethyl adjacent to an activating group) is 1. The molecule has 1 rings (SSSR count). The lowest BCUT2D eigenvalue weighted by Crippen LogP contribution is -2.42. The average molecular weight is 257 g/mol. The zero-order valence-electron chi connectivity index (χ0n) is 9.71. The van der Waals surface area contributed by atoms with Gasteiger partial charge in [-0.3, -0.25) is 9.59 Å². The van der Waals surface area contributed by atoms with Crippen LogP contribution in [0.15, 0.2) is 5.51 Å². The van der Waals surface area contributed by atoms with E-state index in [1.165, 1.54) is 16.2 Å². The van der Waals surface area contributed by atoms with E-state index in [-0.39, 0.29) is 12.3 Å². The number of nitrogens with zero attached hydrogens (tertiary/aromatic N) is 2. The first-order chi connectivity index (χ1) is 7.91. The first-order valence-electron chi connectivity index (χ1n) is 5.03. The zero-order chi connectivity index (χ0) is 13.0. The molecular weight excluding hydrogens is 242 g/mol. The molecular formula is C10H15N3O3S. The first kappa shape index (κ1) is 13.6. The summed E-state index contributed by atoms with van der Waals surface area (Å²) in [5, 5.41) is 8.56. The topological polar surface area (TPSA) is 96.5 Å². The minimum atomic E-state index is -1.08. The molecule has 7 heteroatoms. The summed E-state index contributed by atoms with van der Waals surface area (Å²) in [5.74, 6) is -1.45. The van der Waals surface area contributed by atoms with Crippen LogP contribution in [0, 0.1) is 6.92 Å². The second-order valence-electron chi connectivity index (χ2n) is 3.76. The van der Waals surface area contributed by atoms with Crippen LogP contribution in [-0.2, 0) is 16.1 Å². The highest BCUT2D eigenvalue weighted by atomic mass is 32.1. The Balaban J connectivity index is 2.58. The second-order valence-corrected chi connectivity index (χ2v) is 4.70. The highest BCUT2D eigenvalue weighted by Gasteiger charge is 2.21. The van der Waals surface area contributed by atoms with Crippen molar-refractivity contribution in [1.29, 1.82) is 0 Å². The van der Waals surface area contributed by atoms with Gasteiger partial charge >= 0.3 is 5.97 Å². The maximum Gasteiger partial charge on any atom is 0.305 e. The van der Waals surface area contributed by atoms with Crippen molar-refractivity contribution in [2.45, 2.75) is 25.9 Å². The first-order valence-corrected chi connectivity index (χ1v) is 5.91. The second kappa shape index (κ2) is 5.74. The van der Waals surface area contributed by atoms with Gasteiger partial charge in [0.05, 0.1) is 30.2 Å². The SMILES string of the molecule is Cc1ncsc1CN(C)C(=O)C(N)CC(=O)O. The van der Waals surface area contributed by atoms with Crippen molar-refractivity contribution in [2.24, 2.45) is 5.73 Å². The number of thiazole rings is 1. The van der Waals surface area contributed by atoms with Gasteiger partial charge in [-0.15, -0.1) is 11.3 Å². The predicted molar refractivity (Wildman–Crippen MR) is 63.6 cm³/mol. The van der Waals surface area contributed by atoms with Gasteiger partial charge in [0.15, 0.2) is 0 Å². The molecule has 0 fully saturated rings. The minimum absolute atomic E-state index is 0.356. The molecule has 17 heavy (non-hydrogen) atoms. The summed E-state index contributed by atoms with van der Waals surface area (Å²) in [7, 11) is 1.60. The van der Waals surface area contributed by atoms with Gasteiger partial charge in [0.1, 0.15) is 0 Å². The Morgan fingerprint density at radius 2 is 2.29 bits per heavy atom. The molecule has 0 bridgehead atoms. The molecule has 0 aliphatic heterocycles. The van der Waals surface area contributed by atoms with E-state index in [9.17, 15) is 9.59 Å². The van der Waals surface area contributed by atoms with Gasteiger partial charge in [0.2, 0.25) is 5.91 Å². The molecule has 0 saturated heterocycles. The molecule has 1 unspecified atom stereocenters. The van der Waals surface area contributed by atoms with Crippen LogP contribution in [-0.4, -0.2) is 40.0 Å². The third kappa shape index (κ3) is 3.79. The van der Waals surface area contributed by atoms with Crippen LogP contribution in [0.2, 0.25) is 0 Å². The van der Waals surface area contributed by atoms with Crippen LogP contribution < -0.4 is 5.73 Å². The number of aromatic nitrogens is 1. The van der Waals surface area contributed by atoms with Gasteiger partial charge in [-0.05, 0) is 6.92 Å². The van der Waals surface area contributed by atoms with Crippen LogP contribution in [0.25, 0.3) is 0 Å². The van der Waals surface area contributed by atoms with Crippen LogP contribution >= 0.6 is 11.3 Å². The van der Waals surface area contributed by atoms with Gasteiger partial charge < -0.3 is 15.7 Å². The number of amides is 1. The van der Waals surface area contributed by atoms with Crippen LogP contribution in [0.5, 0.6) is 0 Å². The quantitative estimate of drug-likeness (QED) is 0.786. The lowest BCUT2D eigenvalue weighted by atomic mass is 10.2. The molecule has 0 aliphatic carbocycles. The van der Waals surface area contributed by atoms with Crippen LogP contribution in [0.3, 0.4) is 0 Å². The summed E-state index contributed by atoms with van der Waals surface area (Å²) in [4.78, 5) is 28.7. The van der Waals surface area contributed by atoms with Gasteiger partial charge in [0.25, 0.3) is 0 Å². The van der Waals surface area contributed by atoms with Crippen molar-refractivity contribution in [1.82, 2.24) is 9.88 Å². The molecule has 0 radical (unpaired) electrons. The Morgan fingerprint density at radius 1 is 1.65 bits per heavy atom. The van der Waals surface area contributed by atoms with Crippen LogP contribution in [0.1, 0.15) is 17.0 Å². The number of carbonyl (C=O) groups is 2. The van der Waals surface area contributed by atoms with Crippen molar-refractivity contribution in [3.05, 3.63) is 16.1 Å². The third-order valence-electron chi connectivity index (χ3n) is 2.31. The Bertz CT molecular complexity index is 419. The fraction of sp³-hybridized carbons (Fsp3) is 0.500. The Labute approximate surface area is 103 Å². The molecule has 6 nitrogen and oxygen atoms in total. The molecule has 0 saturated carbocycles. The Kier molecular flexibility index (Phi) is 4.59. The van der Waals surface area contributed by atoms with E-state index in [0.717, 1.165) is 10.6 Å². The normalized spacial score (nSPS) is 12.2. The van der Waals surface area contributed by atoms with E-state index in [4.69, 9.17) is 10.8 Å². The van der Waals surface area contributed by atoms with E-state index >= 15 is 0 Å². The average Bonchev–Trinajstić information content (AvgIpc) is 2.62. The molecule has 0 spiro atoms. The summed E-state index contributed by atoms with van der Waals surface area (Å²) in [5.41, 5.74) is 8.09. The van der Waals surface area contributed by atoms with E-state index in [2.05, 4.69) is 4.98 Å². The highest BCUT2D eigenvalue weighted by Crippen LogP contribution is 2.14. The Morgan fingerprint density at radius 3 is 2.76 bits per heavy atom. The fourth-order valence-corrected chi connectivity index (χ4v) is 2.16. The molecule has 1 aromatic heterocycles. The number of aliphatic carboxylic acids is 1. The molecule has 94 valence electrons. The lowest BCUT2D eigenvalue weighted by Gasteiger charge is -2.19. The molecule has 0 aliphatic rings. The minimum Gasteiger partial charge on any atom is -0.481 e. The van der Waals surface area contributed by atoms with E-state index in [1.807, 2.05) is 6.92 Å². The van der Waals surface area contributed by atoms with Crippen molar-refractivity contribution in [2.75, 3.05) is 7.05 Å². The monoisotopic (exact) mass is 257 g/mol. The van der Waals surface area contributed by atoms with E-state index < -0.39 is 12.0 Å². The fourth-order valence-electron chi connectivity index (χ4n) is 1.33. The van der Waals surface area contributed by atoms with Crippen molar-refractivity contribution in [3.8, 4) is 0 Å². The summed E-state index contributed by atoms with van der Waals surface area (Å²) in [6.45, 7) is 2.27. The van der Waals surface area contributed by atoms with E-state index in [1.54, 1.807) is 12.6 Å². The molecule has 0 aromatic carbocycles. The molecule has 1 aromatic rings. The summed E-state index contributed by atoms with van der Waals surface area (Å²) in [6, 6.07) is -0.995. The predicted octanol–water partition coefficient (Wildman–Crippen LogP) is 0.212. The standard InChI is InChI=1S/C10H15N3O3S/c1-6-8(17-5-12-6)4-13(2)10(16)7(11)3-9(14)15/h5,7H,3-4,11H2,1-2H3,(H,14,15). The summed E-state index contributed by atoms with van der Waals surface area (Å²) in [6.07, 6.45) is -0.356. The number of aryl methyl sites for hydroxylation is 1. The maximum absolute atomic E-state index is 11.7. The number of hydrogen-bond donors (Lipinski definition) is 2. The van der Waals surface area contributed by atoms with Crippen molar-refractivity contribution < 1.29 is 14.7 Å². The summed E-state index contributed by atoms with van der Waals surface area (Å²) < 4.78 is 0. The molecule has 1 amide bonds. The van der Waals surface area contributed by atoms with Crippen LogP contribution in [0.4, 0.5) is 0 Å². The smallest absolute Gasteiger partial charge is 0.305 e. The van der Waals surface area contributed by atoms with Crippen molar-refractivity contribution >= 4 is 23.2 Å². The van der Waals surface area contributed by atoms with Gasteiger partial charge in [-0.2, -0.15) is 0 Å². The van der Waals surface area contributed by atoms with Gasteiger partial charge in [-0.25, -0.2) is 4.98 Å². The van der Waals surface area contributed by atoms with Gasteiger partial charge in [-0.1, -0.05) is 0 Å². The lowest BCUT2D eigenvalue weighted by molar-refractivity contribution is -0.141. The number of carboxylic acids is 1. The number of nitrogens with two attached hydrogens (primary N) is 1. The maximum atomic E-state index is 11.7. The third-order valence-corrected chi connectivity index (χ3v) is 3.23. The Hall–Kier alpha value is -1.47. The number of carbonyl (C=O) groups excluding carboxylic acids is 1. The highest BCUT2D eigenvalue weighted by molar-refractivity contribution is 7.09. The van der Waals surface area contributed by atoms with E-state index in [0.29, 0.717) is 6.54 Å². The number of carboxylic acid groups (broad SMARTS) is 1. The van der Waals surface area contributed by atoms with Gasteiger partial charge in [0, 0.05) is 11.9 Å². The molecule has 3 N–H and O–H groups in total. The number of hydrogen-bond acceptors (Lipinski definition) is 5. The zero-order valence-corrected chi connectivity index (χ0v) is 10.5. The number of rotatable bonds is 5.